The maximum Gasteiger partial charge on any atom is 0.410 e. The summed E-state index contributed by atoms with van der Waals surface area (Å²) in [4.78, 5) is 58.2. The highest BCUT2D eigenvalue weighted by Crippen LogP contribution is 2.51. The van der Waals surface area contributed by atoms with Crippen molar-refractivity contribution in [2.75, 3.05) is 26.8 Å². The first-order chi connectivity index (χ1) is 19.5. The molecule has 1 fully saturated rings. The lowest BCUT2D eigenvalue weighted by atomic mass is 9.71. The van der Waals surface area contributed by atoms with E-state index in [0.717, 1.165) is 10.4 Å². The largest absolute Gasteiger partial charge is 0.497 e. The summed E-state index contributed by atoms with van der Waals surface area (Å²) in [5, 5.41) is 4.78. The fourth-order valence-electron chi connectivity index (χ4n) is 5.21. The molecule has 3 amide bonds. The first-order valence-corrected chi connectivity index (χ1v) is 14.5. The maximum absolute atomic E-state index is 14.1. The van der Waals surface area contributed by atoms with Crippen LogP contribution in [0.4, 0.5) is 4.79 Å². The van der Waals surface area contributed by atoms with Crippen molar-refractivity contribution in [3.8, 4) is 5.75 Å². The second-order valence-electron chi connectivity index (χ2n) is 11.0. The Bertz CT molecular complexity index is 1300. The van der Waals surface area contributed by atoms with E-state index in [0.29, 0.717) is 18.0 Å². The van der Waals surface area contributed by atoms with Crippen molar-refractivity contribution in [1.29, 1.82) is 0 Å². The fourth-order valence-corrected chi connectivity index (χ4v) is 5.86. The zero-order valence-corrected chi connectivity index (χ0v) is 24.9. The molecule has 0 spiro atoms. The summed E-state index contributed by atoms with van der Waals surface area (Å²) in [6, 6.07) is 11.1. The Hall–Kier alpha value is -3.86. The van der Waals surface area contributed by atoms with Gasteiger partial charge in [-0.3, -0.25) is 14.4 Å². The number of likely N-dealkylation sites (tertiary alicyclic amines) is 1. The van der Waals surface area contributed by atoms with Crippen molar-refractivity contribution >= 4 is 35.2 Å². The van der Waals surface area contributed by atoms with Crippen molar-refractivity contribution in [2.24, 2.45) is 11.3 Å². The lowest BCUT2D eigenvalue weighted by molar-refractivity contribution is -0.158. The van der Waals surface area contributed by atoms with E-state index < -0.39 is 29.0 Å². The van der Waals surface area contributed by atoms with E-state index in [2.05, 4.69) is 5.32 Å². The van der Waals surface area contributed by atoms with Crippen molar-refractivity contribution in [1.82, 2.24) is 15.1 Å². The van der Waals surface area contributed by atoms with Crippen LogP contribution in [0.5, 0.6) is 5.75 Å². The van der Waals surface area contributed by atoms with Gasteiger partial charge in [-0.2, -0.15) is 0 Å². The van der Waals surface area contributed by atoms with E-state index in [9.17, 15) is 19.2 Å². The normalized spacial score (nSPS) is 20.3. The van der Waals surface area contributed by atoms with Crippen LogP contribution < -0.4 is 10.1 Å². The van der Waals surface area contributed by atoms with Crippen molar-refractivity contribution in [2.45, 2.75) is 52.8 Å². The molecule has 1 saturated heterocycles. The van der Waals surface area contributed by atoms with Crippen molar-refractivity contribution in [3.05, 3.63) is 64.0 Å². The number of esters is 1. The molecule has 3 heterocycles. The van der Waals surface area contributed by atoms with Gasteiger partial charge in [0.25, 0.3) is 0 Å². The molecule has 10 nitrogen and oxygen atoms in total. The van der Waals surface area contributed by atoms with E-state index in [1.807, 2.05) is 29.6 Å². The number of benzene rings is 1. The molecular formula is C30H37N3O7S. The van der Waals surface area contributed by atoms with Gasteiger partial charge in [0.05, 0.1) is 32.7 Å². The Labute approximate surface area is 244 Å². The quantitative estimate of drug-likeness (QED) is 0.442. The van der Waals surface area contributed by atoms with E-state index in [4.69, 9.17) is 14.2 Å². The van der Waals surface area contributed by atoms with Gasteiger partial charge in [-0.15, -0.1) is 11.3 Å². The van der Waals surface area contributed by atoms with Crippen LogP contribution in [0.1, 0.15) is 44.6 Å². The average molecular weight is 584 g/mol. The Kier molecular flexibility index (Phi) is 9.06. The second-order valence-corrected chi connectivity index (χ2v) is 12.1. The lowest BCUT2D eigenvalue weighted by Crippen LogP contribution is -2.54. The molecular weight excluding hydrogens is 546 g/mol. The molecule has 220 valence electrons. The standard InChI is InChI=1S/C30H37N3O7S/c1-6-39-27(36)30-19-32(28(37)40-29(2,3)4)14-13-24(30)33(18-20-9-11-21(38-5)12-10-20)26(35)23(30)16-25(34)31-17-22-8-7-15-41-22/h7-13,15,23H,6,14,16-19H2,1-5H3,(H,31,34)/t23-,30-/m1/s1. The number of ether oxygens (including phenoxy) is 3. The molecule has 1 aromatic heterocycles. The number of hydrogen-bond donors (Lipinski definition) is 1. The molecule has 2 aliphatic heterocycles. The zero-order valence-electron chi connectivity index (χ0n) is 24.1. The number of nitrogens with one attached hydrogen (secondary N) is 1. The van der Waals surface area contributed by atoms with Gasteiger partial charge in [0, 0.05) is 30.1 Å². The van der Waals surface area contributed by atoms with Gasteiger partial charge in [-0.05, 0) is 62.9 Å². The molecule has 2 aromatic rings. The summed E-state index contributed by atoms with van der Waals surface area (Å²) < 4.78 is 16.4. The molecule has 11 heteroatoms. The molecule has 1 N–H and O–H groups in total. The van der Waals surface area contributed by atoms with Gasteiger partial charge in [0.2, 0.25) is 11.8 Å². The lowest BCUT2D eigenvalue weighted by Gasteiger charge is -2.40. The van der Waals surface area contributed by atoms with E-state index >= 15 is 0 Å². The molecule has 0 unspecified atom stereocenters. The Morgan fingerprint density at radius 1 is 1.15 bits per heavy atom. The average Bonchev–Trinajstić information content (AvgIpc) is 3.53. The summed E-state index contributed by atoms with van der Waals surface area (Å²) in [5.41, 5.74) is -1.08. The van der Waals surface area contributed by atoms with Gasteiger partial charge in [-0.1, -0.05) is 18.2 Å². The van der Waals surface area contributed by atoms with Crippen LogP contribution in [0.2, 0.25) is 0 Å². The summed E-state index contributed by atoms with van der Waals surface area (Å²) in [5.74, 6) is -1.81. The van der Waals surface area contributed by atoms with Gasteiger partial charge in [0.15, 0.2) is 0 Å². The number of amides is 3. The van der Waals surface area contributed by atoms with Gasteiger partial charge < -0.3 is 29.3 Å². The predicted molar refractivity (Wildman–Crippen MR) is 153 cm³/mol. The highest BCUT2D eigenvalue weighted by molar-refractivity contribution is 7.09. The number of methoxy groups -OCH3 is 1. The minimum absolute atomic E-state index is 0.0737. The number of carbonyl (C=O) groups excluding carboxylic acids is 4. The SMILES string of the molecule is CCOC(=O)[C@@]12CN(C(=O)OC(C)(C)C)CC=C1N(Cc1ccc(OC)cc1)C(=O)[C@H]2CC(=O)NCc1cccs1. The van der Waals surface area contributed by atoms with Gasteiger partial charge >= 0.3 is 12.1 Å². The zero-order chi connectivity index (χ0) is 29.8. The number of hydrogen-bond acceptors (Lipinski definition) is 8. The smallest absolute Gasteiger partial charge is 0.410 e. The third kappa shape index (κ3) is 6.56. The van der Waals surface area contributed by atoms with Crippen LogP contribution >= 0.6 is 11.3 Å². The molecule has 41 heavy (non-hydrogen) atoms. The summed E-state index contributed by atoms with van der Waals surface area (Å²) in [6.07, 6.45) is 0.843. The van der Waals surface area contributed by atoms with E-state index in [1.54, 1.807) is 57.9 Å². The summed E-state index contributed by atoms with van der Waals surface area (Å²) in [6.45, 7) is 7.50. The molecule has 0 aliphatic carbocycles. The summed E-state index contributed by atoms with van der Waals surface area (Å²) >= 11 is 1.51. The number of carbonyl (C=O) groups is 4. The minimum Gasteiger partial charge on any atom is -0.497 e. The van der Waals surface area contributed by atoms with Crippen LogP contribution in [0.25, 0.3) is 0 Å². The monoisotopic (exact) mass is 583 g/mol. The van der Waals surface area contributed by atoms with Crippen LogP contribution in [0.15, 0.2) is 53.6 Å². The van der Waals surface area contributed by atoms with Crippen molar-refractivity contribution in [3.63, 3.8) is 0 Å². The first kappa shape index (κ1) is 30.1. The third-order valence-corrected chi connectivity index (χ3v) is 7.95. The molecule has 0 bridgehead atoms. The number of rotatable bonds is 9. The molecule has 0 saturated carbocycles. The first-order valence-electron chi connectivity index (χ1n) is 13.6. The van der Waals surface area contributed by atoms with Gasteiger partial charge in [0.1, 0.15) is 16.8 Å². The Morgan fingerprint density at radius 3 is 2.49 bits per heavy atom. The highest BCUT2D eigenvalue weighted by atomic mass is 32.1. The fraction of sp³-hybridized carbons (Fsp3) is 0.467. The molecule has 2 atom stereocenters. The molecule has 2 aliphatic rings. The molecule has 0 radical (unpaired) electrons. The Balaban J connectivity index is 1.71. The van der Waals surface area contributed by atoms with Crippen LogP contribution in [-0.4, -0.2) is 66.1 Å². The number of thiophene rings is 1. The minimum atomic E-state index is -1.57. The number of nitrogens with zero attached hydrogens (tertiary/aromatic N) is 2. The Morgan fingerprint density at radius 2 is 1.88 bits per heavy atom. The predicted octanol–water partition coefficient (Wildman–Crippen LogP) is 4.11. The summed E-state index contributed by atoms with van der Waals surface area (Å²) in [7, 11) is 1.57. The molecule has 1 aromatic carbocycles. The van der Waals surface area contributed by atoms with Crippen LogP contribution in [-0.2, 0) is 36.9 Å². The third-order valence-electron chi connectivity index (χ3n) is 7.07. The van der Waals surface area contributed by atoms with Gasteiger partial charge in [-0.25, -0.2) is 4.79 Å². The maximum atomic E-state index is 14.1. The van der Waals surface area contributed by atoms with Crippen molar-refractivity contribution < 1.29 is 33.4 Å². The van der Waals surface area contributed by atoms with E-state index in [1.165, 1.54) is 16.2 Å². The highest BCUT2D eigenvalue weighted by Gasteiger charge is 2.64. The van der Waals surface area contributed by atoms with Crippen LogP contribution in [0, 0.1) is 11.3 Å². The van der Waals surface area contributed by atoms with E-state index in [-0.39, 0.29) is 44.5 Å². The second kappa shape index (κ2) is 12.3. The van der Waals surface area contributed by atoms with Crippen LogP contribution in [0.3, 0.4) is 0 Å². The molecule has 4 rings (SSSR count). The number of fused-ring (bicyclic) bond motifs is 1. The topological polar surface area (TPSA) is 114 Å².